The Bertz CT molecular complexity index is 831. The first-order valence-corrected chi connectivity index (χ1v) is 8.15. The Kier molecular flexibility index (Phi) is 4.57. The Morgan fingerprint density at radius 2 is 1.96 bits per heavy atom. The number of hydrogen-bond acceptors (Lipinski definition) is 4. The lowest BCUT2D eigenvalue weighted by Gasteiger charge is -2.12. The Labute approximate surface area is 140 Å². The van der Waals surface area contributed by atoms with Crippen LogP contribution in [0.1, 0.15) is 12.5 Å². The van der Waals surface area contributed by atoms with Crippen molar-refractivity contribution in [3.8, 4) is 17.1 Å². The molecule has 2 aromatic heterocycles. The summed E-state index contributed by atoms with van der Waals surface area (Å²) in [5.41, 5.74) is 0.341. The minimum absolute atomic E-state index is 0.365. The maximum Gasteiger partial charge on any atom is 0.416 e. The third-order valence-electron chi connectivity index (χ3n) is 3.26. The van der Waals surface area contributed by atoms with E-state index in [1.54, 1.807) is 35.2 Å². The molecular formula is C16H13F3N4S. The van der Waals surface area contributed by atoms with Gasteiger partial charge in [-0.15, -0.1) is 10.2 Å². The fourth-order valence-electron chi connectivity index (χ4n) is 2.23. The van der Waals surface area contributed by atoms with E-state index in [4.69, 9.17) is 0 Å². The third-order valence-corrected chi connectivity index (χ3v) is 4.07. The third kappa shape index (κ3) is 3.28. The molecule has 0 N–H and O–H groups in total. The van der Waals surface area contributed by atoms with Gasteiger partial charge in [0.25, 0.3) is 0 Å². The number of halogens is 3. The molecule has 1 aromatic carbocycles. The van der Waals surface area contributed by atoms with Crippen molar-refractivity contribution in [3.63, 3.8) is 0 Å². The molecule has 0 aliphatic heterocycles. The van der Waals surface area contributed by atoms with E-state index in [1.165, 1.54) is 17.8 Å². The van der Waals surface area contributed by atoms with E-state index in [9.17, 15) is 13.2 Å². The largest absolute Gasteiger partial charge is 0.416 e. The van der Waals surface area contributed by atoms with Crippen molar-refractivity contribution in [3.05, 3.63) is 54.4 Å². The van der Waals surface area contributed by atoms with Crippen LogP contribution >= 0.6 is 11.8 Å². The zero-order valence-corrected chi connectivity index (χ0v) is 13.5. The van der Waals surface area contributed by atoms with Crippen molar-refractivity contribution in [1.29, 1.82) is 0 Å². The van der Waals surface area contributed by atoms with Crippen LogP contribution in [0.2, 0.25) is 0 Å². The van der Waals surface area contributed by atoms with Crippen molar-refractivity contribution in [2.75, 3.05) is 5.75 Å². The minimum Gasteiger partial charge on any atom is -0.270 e. The van der Waals surface area contributed by atoms with Crippen LogP contribution < -0.4 is 0 Å². The number of rotatable bonds is 4. The Hall–Kier alpha value is -2.35. The van der Waals surface area contributed by atoms with Gasteiger partial charge in [0.15, 0.2) is 11.0 Å². The van der Waals surface area contributed by atoms with Crippen molar-refractivity contribution in [2.45, 2.75) is 18.3 Å². The minimum atomic E-state index is -4.41. The van der Waals surface area contributed by atoms with Gasteiger partial charge < -0.3 is 0 Å². The average molecular weight is 350 g/mol. The lowest BCUT2D eigenvalue weighted by Crippen LogP contribution is -2.07. The number of benzene rings is 1. The highest BCUT2D eigenvalue weighted by Crippen LogP contribution is 2.33. The second kappa shape index (κ2) is 6.64. The predicted molar refractivity (Wildman–Crippen MR) is 86.0 cm³/mol. The molecule has 0 bridgehead atoms. The fourth-order valence-corrected chi connectivity index (χ4v) is 2.91. The maximum absolute atomic E-state index is 13.0. The normalized spacial score (nSPS) is 11.7. The number of pyridine rings is 1. The topological polar surface area (TPSA) is 43.6 Å². The smallest absolute Gasteiger partial charge is 0.270 e. The second-order valence-electron chi connectivity index (χ2n) is 4.86. The van der Waals surface area contributed by atoms with Crippen molar-refractivity contribution in [1.82, 2.24) is 19.7 Å². The monoisotopic (exact) mass is 350 g/mol. The van der Waals surface area contributed by atoms with Gasteiger partial charge in [-0.05, 0) is 36.1 Å². The molecule has 8 heteroatoms. The molecule has 0 unspecified atom stereocenters. The first kappa shape index (κ1) is 16.5. The zero-order valence-electron chi connectivity index (χ0n) is 12.7. The van der Waals surface area contributed by atoms with Gasteiger partial charge in [0, 0.05) is 18.0 Å². The van der Waals surface area contributed by atoms with Crippen LogP contribution in [0.4, 0.5) is 13.2 Å². The molecule has 0 atom stereocenters. The molecule has 3 rings (SSSR count). The van der Waals surface area contributed by atoms with E-state index in [-0.39, 0.29) is 0 Å². The number of nitrogens with zero attached hydrogens (tertiary/aromatic N) is 4. The van der Waals surface area contributed by atoms with E-state index >= 15 is 0 Å². The van der Waals surface area contributed by atoms with Crippen LogP contribution in [0.3, 0.4) is 0 Å². The molecule has 24 heavy (non-hydrogen) atoms. The molecule has 0 spiro atoms. The van der Waals surface area contributed by atoms with Gasteiger partial charge in [0.05, 0.1) is 11.3 Å². The molecule has 2 heterocycles. The molecule has 4 nitrogen and oxygen atoms in total. The molecule has 0 radical (unpaired) electrons. The van der Waals surface area contributed by atoms with E-state index in [1.807, 2.05) is 6.92 Å². The number of hydrogen-bond donors (Lipinski definition) is 0. The summed E-state index contributed by atoms with van der Waals surface area (Å²) in [6.07, 6.45) is -1.18. The van der Waals surface area contributed by atoms with Crippen molar-refractivity contribution in [2.24, 2.45) is 0 Å². The maximum atomic E-state index is 13.0. The number of alkyl halides is 3. The Morgan fingerprint density at radius 3 is 2.62 bits per heavy atom. The summed E-state index contributed by atoms with van der Waals surface area (Å²) in [6.45, 7) is 1.94. The molecule has 124 valence electrons. The van der Waals surface area contributed by atoms with Gasteiger partial charge in [-0.3, -0.25) is 9.55 Å². The highest BCUT2D eigenvalue weighted by atomic mass is 32.2. The molecule has 0 aliphatic carbocycles. The van der Waals surface area contributed by atoms with Crippen LogP contribution in [0.25, 0.3) is 17.1 Å². The van der Waals surface area contributed by atoms with Crippen LogP contribution in [-0.2, 0) is 6.18 Å². The van der Waals surface area contributed by atoms with Gasteiger partial charge in [-0.1, -0.05) is 24.8 Å². The van der Waals surface area contributed by atoms with Gasteiger partial charge in [-0.25, -0.2) is 0 Å². The van der Waals surface area contributed by atoms with Crippen molar-refractivity contribution < 1.29 is 13.2 Å². The second-order valence-corrected chi connectivity index (χ2v) is 6.10. The lowest BCUT2D eigenvalue weighted by atomic mass is 10.2. The summed E-state index contributed by atoms with van der Waals surface area (Å²) in [4.78, 5) is 4.04. The molecule has 3 aromatic rings. The molecule has 0 aliphatic rings. The SMILES string of the molecule is CCSc1nnc(-c2cccnc2)n1-c1cccc(C(F)(F)F)c1. The van der Waals surface area contributed by atoms with E-state index < -0.39 is 11.7 Å². The highest BCUT2D eigenvalue weighted by molar-refractivity contribution is 7.99. The number of thioether (sulfide) groups is 1. The van der Waals surface area contributed by atoms with E-state index in [2.05, 4.69) is 15.2 Å². The molecular weight excluding hydrogens is 337 g/mol. The van der Waals surface area contributed by atoms with Gasteiger partial charge in [-0.2, -0.15) is 13.2 Å². The van der Waals surface area contributed by atoms with Gasteiger partial charge >= 0.3 is 6.18 Å². The van der Waals surface area contributed by atoms with E-state index in [0.29, 0.717) is 22.2 Å². The average Bonchev–Trinajstić information content (AvgIpc) is 2.99. The van der Waals surface area contributed by atoms with Crippen LogP contribution in [-0.4, -0.2) is 25.5 Å². The van der Waals surface area contributed by atoms with Crippen LogP contribution in [0.15, 0.2) is 53.9 Å². The van der Waals surface area contributed by atoms with Gasteiger partial charge in [0.1, 0.15) is 0 Å². The molecule has 0 fully saturated rings. The predicted octanol–water partition coefficient (Wildman–Crippen LogP) is 4.46. The zero-order chi connectivity index (χ0) is 17.2. The van der Waals surface area contributed by atoms with Crippen molar-refractivity contribution >= 4 is 11.8 Å². The standard InChI is InChI=1S/C16H13F3N4S/c1-2-24-15-22-21-14(11-5-4-8-20-10-11)23(15)13-7-3-6-12(9-13)16(17,18)19/h3-10H,2H2,1H3. The van der Waals surface area contributed by atoms with Crippen LogP contribution in [0.5, 0.6) is 0 Å². The summed E-state index contributed by atoms with van der Waals surface area (Å²) in [5, 5.41) is 8.80. The van der Waals surface area contributed by atoms with Gasteiger partial charge in [0.2, 0.25) is 0 Å². The van der Waals surface area contributed by atoms with E-state index in [0.717, 1.165) is 17.9 Å². The summed E-state index contributed by atoms with van der Waals surface area (Å²) >= 11 is 1.41. The molecule has 0 amide bonds. The molecule has 0 saturated heterocycles. The highest BCUT2D eigenvalue weighted by Gasteiger charge is 2.31. The number of aromatic nitrogens is 4. The summed E-state index contributed by atoms with van der Waals surface area (Å²) in [5.74, 6) is 1.18. The fraction of sp³-hybridized carbons (Fsp3) is 0.188. The Morgan fingerprint density at radius 1 is 1.12 bits per heavy atom. The summed E-state index contributed by atoms with van der Waals surface area (Å²) in [6, 6.07) is 8.67. The Balaban J connectivity index is 2.17. The van der Waals surface area contributed by atoms with Crippen LogP contribution in [0, 0.1) is 0 Å². The summed E-state index contributed by atoms with van der Waals surface area (Å²) in [7, 11) is 0. The first-order valence-electron chi connectivity index (χ1n) is 7.17. The quantitative estimate of drug-likeness (QED) is 0.652. The molecule has 0 saturated carbocycles. The lowest BCUT2D eigenvalue weighted by molar-refractivity contribution is -0.137. The first-order chi connectivity index (χ1) is 11.5. The summed E-state index contributed by atoms with van der Waals surface area (Å²) < 4.78 is 40.7.